The van der Waals surface area contributed by atoms with Crippen LogP contribution in [0, 0.1) is 0 Å². The number of hydrogen-bond acceptors (Lipinski definition) is 16. The number of nitrogens with two attached hydrogens (primary N) is 3. The summed E-state index contributed by atoms with van der Waals surface area (Å²) in [6.45, 7) is 1.94. The zero-order chi connectivity index (χ0) is 28.6. The summed E-state index contributed by atoms with van der Waals surface area (Å²) in [5, 5.41) is 68.6. The Morgan fingerprint density at radius 2 is 1.51 bits per heavy atom. The number of rotatable bonds is 8. The van der Waals surface area contributed by atoms with Crippen molar-refractivity contribution in [3.63, 3.8) is 0 Å². The number of ether oxygens (including phenoxy) is 5. The van der Waals surface area contributed by atoms with Gasteiger partial charge in [-0.2, -0.15) is 0 Å². The molecule has 4 fully saturated rings. The van der Waals surface area contributed by atoms with Crippen molar-refractivity contribution in [2.24, 2.45) is 17.2 Å². The first-order valence-electron chi connectivity index (χ1n) is 13.5. The van der Waals surface area contributed by atoms with Gasteiger partial charge in [-0.3, -0.25) is 0 Å². The molecule has 228 valence electrons. The Kier molecular flexibility index (Phi) is 10.5. The summed E-state index contributed by atoms with van der Waals surface area (Å²) in [6.07, 6.45) is -13.1. The predicted molar refractivity (Wildman–Crippen MR) is 133 cm³/mol. The first kappa shape index (κ1) is 31.3. The number of fused-ring (bicyclic) bond motifs is 1. The summed E-state index contributed by atoms with van der Waals surface area (Å²) >= 11 is 0. The van der Waals surface area contributed by atoms with Crippen LogP contribution in [0.3, 0.4) is 0 Å². The highest BCUT2D eigenvalue weighted by Crippen LogP contribution is 2.36. The highest BCUT2D eigenvalue weighted by atomic mass is 16.8. The van der Waals surface area contributed by atoms with Gasteiger partial charge in [0.25, 0.3) is 0 Å². The van der Waals surface area contributed by atoms with Crippen LogP contribution >= 0.6 is 0 Å². The summed E-state index contributed by atoms with van der Waals surface area (Å²) < 4.78 is 29.9. The van der Waals surface area contributed by atoms with Crippen molar-refractivity contribution in [2.45, 2.75) is 124 Å². The molecule has 3 aliphatic heterocycles. The van der Waals surface area contributed by atoms with E-state index in [9.17, 15) is 30.6 Å². The minimum atomic E-state index is -1.52. The SMILES string of the molecule is CCN[C@@H]1C[C@@H]2O[C@H](O[C@H]3O[C@@H](CO)[C@@H](N)[C@H](O)[C@H]3O)[C@@H](NC)[C@@H](O)[C@H]2O[C@@H]1O[C@H]1[C@H](O)[C@@H](O)[C@H](N)C[C@@H]1N. The largest absolute Gasteiger partial charge is 0.394 e. The number of hydrogen-bond donors (Lipinski definition) is 11. The van der Waals surface area contributed by atoms with E-state index in [1.54, 1.807) is 7.05 Å². The third-order valence-electron chi connectivity index (χ3n) is 8.17. The van der Waals surface area contributed by atoms with Gasteiger partial charge in [0.1, 0.15) is 42.7 Å². The molecule has 4 aliphatic rings. The van der Waals surface area contributed by atoms with Gasteiger partial charge in [-0.05, 0) is 26.4 Å². The second kappa shape index (κ2) is 13.1. The molecule has 3 saturated heterocycles. The van der Waals surface area contributed by atoms with Crippen LogP contribution in [0.5, 0.6) is 0 Å². The van der Waals surface area contributed by atoms with Crippen molar-refractivity contribution in [3.8, 4) is 0 Å². The lowest BCUT2D eigenvalue weighted by Gasteiger charge is -2.52. The molecule has 4 rings (SSSR count). The van der Waals surface area contributed by atoms with Gasteiger partial charge in [-0.15, -0.1) is 0 Å². The van der Waals surface area contributed by atoms with Crippen LogP contribution in [0.4, 0.5) is 0 Å². The smallest absolute Gasteiger partial charge is 0.189 e. The second-order valence-electron chi connectivity index (χ2n) is 10.8. The quantitative estimate of drug-likeness (QED) is 0.130. The Balaban J connectivity index is 1.48. The van der Waals surface area contributed by atoms with E-state index in [2.05, 4.69) is 10.6 Å². The first-order valence-corrected chi connectivity index (χ1v) is 13.5. The van der Waals surface area contributed by atoms with Crippen molar-refractivity contribution < 1.29 is 54.3 Å². The molecule has 17 atom stereocenters. The Bertz CT molecular complexity index is 789. The monoisotopic (exact) mass is 567 g/mol. The average molecular weight is 568 g/mol. The summed E-state index contributed by atoms with van der Waals surface area (Å²) in [6, 6.07) is -3.66. The van der Waals surface area contributed by atoms with Crippen molar-refractivity contribution >= 4 is 0 Å². The fraction of sp³-hybridized carbons (Fsp3) is 1.00. The third-order valence-corrected chi connectivity index (χ3v) is 8.17. The number of likely N-dealkylation sites (N-methyl/N-ethyl adjacent to an activating group) is 2. The van der Waals surface area contributed by atoms with Crippen LogP contribution in [0.1, 0.15) is 19.8 Å². The third kappa shape index (κ3) is 6.26. The lowest BCUT2D eigenvalue weighted by atomic mass is 9.84. The highest BCUT2D eigenvalue weighted by Gasteiger charge is 2.54. The maximum absolute atomic E-state index is 11.3. The summed E-state index contributed by atoms with van der Waals surface area (Å²) in [7, 11) is 1.58. The molecule has 0 aromatic heterocycles. The molecule has 16 nitrogen and oxygen atoms in total. The molecule has 14 N–H and O–H groups in total. The Hall–Kier alpha value is -0.640. The van der Waals surface area contributed by atoms with E-state index >= 15 is 0 Å². The zero-order valence-corrected chi connectivity index (χ0v) is 22.1. The van der Waals surface area contributed by atoms with Gasteiger partial charge in [0.05, 0.1) is 36.9 Å². The van der Waals surface area contributed by atoms with E-state index in [4.69, 9.17) is 40.9 Å². The summed E-state index contributed by atoms with van der Waals surface area (Å²) in [5.74, 6) is 0. The molecule has 3 heterocycles. The van der Waals surface area contributed by atoms with E-state index < -0.39 is 111 Å². The molecule has 0 spiro atoms. The molecule has 0 bridgehead atoms. The van der Waals surface area contributed by atoms with Gasteiger partial charge in [0.15, 0.2) is 18.9 Å². The van der Waals surface area contributed by atoms with Crippen LogP contribution < -0.4 is 27.8 Å². The van der Waals surface area contributed by atoms with Crippen molar-refractivity contribution in [2.75, 3.05) is 20.2 Å². The van der Waals surface area contributed by atoms with Gasteiger partial charge in [-0.1, -0.05) is 6.92 Å². The van der Waals surface area contributed by atoms with Crippen LogP contribution in [-0.2, 0) is 23.7 Å². The van der Waals surface area contributed by atoms with Crippen molar-refractivity contribution in [1.29, 1.82) is 0 Å². The average Bonchev–Trinajstić information content (AvgIpc) is 2.91. The zero-order valence-electron chi connectivity index (χ0n) is 22.1. The van der Waals surface area contributed by atoms with Crippen molar-refractivity contribution in [1.82, 2.24) is 10.6 Å². The topological polar surface area (TPSA) is 270 Å². The van der Waals surface area contributed by atoms with Gasteiger partial charge in [0.2, 0.25) is 0 Å². The molecule has 0 aromatic rings. The molecule has 1 saturated carbocycles. The van der Waals surface area contributed by atoms with Crippen LogP contribution in [0.2, 0.25) is 0 Å². The highest BCUT2D eigenvalue weighted by molar-refractivity contribution is 5.02. The van der Waals surface area contributed by atoms with Crippen LogP contribution in [0.15, 0.2) is 0 Å². The Labute approximate surface area is 226 Å². The summed E-state index contributed by atoms with van der Waals surface area (Å²) in [4.78, 5) is 0. The Morgan fingerprint density at radius 3 is 2.15 bits per heavy atom. The van der Waals surface area contributed by atoms with Gasteiger partial charge >= 0.3 is 0 Å². The second-order valence-corrected chi connectivity index (χ2v) is 10.8. The first-order chi connectivity index (χ1) is 18.5. The number of aliphatic hydroxyl groups excluding tert-OH is 6. The Morgan fingerprint density at radius 1 is 0.795 bits per heavy atom. The van der Waals surface area contributed by atoms with E-state index in [1.807, 2.05) is 6.92 Å². The van der Waals surface area contributed by atoms with Gasteiger partial charge in [0, 0.05) is 12.1 Å². The molecular weight excluding hydrogens is 522 g/mol. The summed E-state index contributed by atoms with van der Waals surface area (Å²) in [5.41, 5.74) is 17.9. The lowest BCUT2D eigenvalue weighted by Crippen LogP contribution is -2.70. The molecule has 0 aromatic carbocycles. The van der Waals surface area contributed by atoms with E-state index in [-0.39, 0.29) is 6.42 Å². The van der Waals surface area contributed by atoms with E-state index in [0.29, 0.717) is 13.0 Å². The van der Waals surface area contributed by atoms with Gasteiger partial charge in [-0.25, -0.2) is 0 Å². The van der Waals surface area contributed by atoms with E-state index in [0.717, 1.165) is 0 Å². The van der Waals surface area contributed by atoms with Crippen LogP contribution in [0.25, 0.3) is 0 Å². The number of nitrogens with one attached hydrogen (secondary N) is 2. The fourth-order valence-electron chi connectivity index (χ4n) is 5.87. The molecule has 0 radical (unpaired) electrons. The van der Waals surface area contributed by atoms with Crippen LogP contribution in [-0.4, -0.2) is 155 Å². The molecular formula is C23H45N5O11. The molecule has 39 heavy (non-hydrogen) atoms. The van der Waals surface area contributed by atoms with E-state index in [1.165, 1.54) is 0 Å². The predicted octanol–water partition coefficient (Wildman–Crippen LogP) is -6.30. The lowest BCUT2D eigenvalue weighted by molar-refractivity contribution is -0.374. The normalized spacial score (nSPS) is 52.8. The van der Waals surface area contributed by atoms with Crippen molar-refractivity contribution in [3.05, 3.63) is 0 Å². The maximum atomic E-state index is 11.3. The molecule has 16 heteroatoms. The standard InChI is InChI=1S/C23H45N5O11/c1-3-28-9-5-10-20(38-21(9)37-19-8(25)4-7(24)14(30)17(19)33)16(32)13(27-2)22(35-10)39-23-18(34)15(31)12(26)11(6-29)36-23/h7-23,27-34H,3-6,24-26H2,1-2H3/t7-,8+,9-,10+,11+,12-,13+,14+,15+,16-,17-,18-,19-,20+,21+,22-,23-/m1/s1. The fourth-order valence-corrected chi connectivity index (χ4v) is 5.87. The maximum Gasteiger partial charge on any atom is 0.189 e. The molecule has 0 amide bonds. The minimum Gasteiger partial charge on any atom is -0.394 e. The van der Waals surface area contributed by atoms with Gasteiger partial charge < -0.3 is 82.2 Å². The minimum absolute atomic E-state index is 0.242. The molecule has 1 aliphatic carbocycles. The molecule has 0 unspecified atom stereocenters. The number of aliphatic hydroxyl groups is 6.